The molecule has 1 unspecified atom stereocenters. The van der Waals surface area contributed by atoms with Crippen molar-refractivity contribution in [2.24, 2.45) is 10.8 Å². The molecule has 0 heterocycles. The van der Waals surface area contributed by atoms with Gasteiger partial charge in [-0.2, -0.15) is 17.7 Å². The second kappa shape index (κ2) is 11.3. The quantitative estimate of drug-likeness (QED) is 0.234. The number of halogens is 2. The number of hydrogen-bond acceptors (Lipinski definition) is 0. The largest absolute Gasteiger partial charge is 0.147 e. The molecule has 0 radical (unpaired) electrons. The van der Waals surface area contributed by atoms with Gasteiger partial charge in [-0.15, -0.1) is 36.5 Å². The molecule has 184 valence electrons. The molecule has 0 N–H and O–H groups in total. The Labute approximate surface area is 235 Å². The molecule has 0 amide bonds. The van der Waals surface area contributed by atoms with Crippen LogP contribution in [0.25, 0.3) is 11.6 Å². The van der Waals surface area contributed by atoms with Gasteiger partial charge in [0.25, 0.3) is 0 Å². The predicted octanol–water partition coefficient (Wildman–Crippen LogP) is 7.56. The molecule has 0 fully saturated rings. The van der Waals surface area contributed by atoms with E-state index in [0.717, 1.165) is 6.42 Å². The minimum absolute atomic E-state index is 0. The van der Waals surface area contributed by atoms with Crippen LogP contribution in [-0.2, 0) is 28.8 Å². The Morgan fingerprint density at radius 1 is 1.00 bits per heavy atom. The van der Waals surface area contributed by atoms with Crippen LogP contribution in [-0.4, -0.2) is 5.43 Å². The molecule has 0 nitrogen and oxygen atoms in total. The maximum atomic E-state index is 4.01. The first-order valence-corrected chi connectivity index (χ1v) is 18.0. The molecule has 0 saturated carbocycles. The van der Waals surface area contributed by atoms with Gasteiger partial charge in [-0.05, 0) is 47.6 Å². The first kappa shape index (κ1) is 31.6. The summed E-state index contributed by atoms with van der Waals surface area (Å²) >= 11 is 1.74. The summed E-state index contributed by atoms with van der Waals surface area (Å²) in [6.07, 6.45) is 14.6. The van der Waals surface area contributed by atoms with Crippen molar-refractivity contribution in [2.75, 3.05) is 0 Å². The van der Waals surface area contributed by atoms with Crippen LogP contribution < -0.4 is 10.4 Å². The zero-order valence-electron chi connectivity index (χ0n) is 22.6. The first-order chi connectivity index (χ1) is 14.7. The minimum Gasteiger partial charge on any atom is -0.147 e. The van der Waals surface area contributed by atoms with Gasteiger partial charge < -0.3 is 0 Å². The normalized spacial score (nSPS) is 20.6. The second-order valence-corrected chi connectivity index (χ2v) is 21.1. The van der Waals surface area contributed by atoms with Crippen molar-refractivity contribution >= 4 is 41.9 Å². The van der Waals surface area contributed by atoms with E-state index in [0.29, 0.717) is 0 Å². The molecule has 3 aliphatic carbocycles. The molecular weight excluding hydrogens is 551 g/mol. The molecule has 1 aromatic rings. The van der Waals surface area contributed by atoms with Crippen LogP contribution in [0.15, 0.2) is 58.7 Å². The summed E-state index contributed by atoms with van der Waals surface area (Å²) in [7, 11) is 0. The zero-order chi connectivity index (χ0) is 24.1. The predicted molar refractivity (Wildman–Crippen MR) is 153 cm³/mol. The van der Waals surface area contributed by atoms with E-state index in [1.54, 1.807) is 23.3 Å². The van der Waals surface area contributed by atoms with Crippen molar-refractivity contribution in [3.8, 4) is 0 Å². The number of rotatable bonds is 1. The van der Waals surface area contributed by atoms with Gasteiger partial charge in [0.05, 0.1) is 0 Å². The monoisotopic (exact) mass is 589 g/mol. The molecule has 1 aromatic carbocycles. The molecular formula is C30H41Cl2SiZr-. The third-order valence-electron chi connectivity index (χ3n) is 6.95. The van der Waals surface area contributed by atoms with E-state index in [1.807, 2.05) is 0 Å². The third kappa shape index (κ3) is 6.11. The smallest absolute Gasteiger partial charge is 0.147 e. The van der Waals surface area contributed by atoms with E-state index in [9.17, 15) is 0 Å². The molecule has 1 atom stereocenters. The summed E-state index contributed by atoms with van der Waals surface area (Å²) < 4.78 is 0. The molecule has 4 heteroatoms. The summed E-state index contributed by atoms with van der Waals surface area (Å²) in [5.74, 6) is 0. The van der Waals surface area contributed by atoms with E-state index in [-0.39, 0.29) is 46.5 Å². The van der Waals surface area contributed by atoms with E-state index < -0.39 is 0 Å². The standard InChI is InChI=1S/C28H33.C2H6Si.2ClH.Zr/c1-18-9-12-25(19(18)2)28(27(6,7)8)14-13-24-21(17-28)15-20-16-22(26(3,4)5)10-11-23(20)24;1-3-2;;;/h9-11,13-16H,12H2,1-8H3;1-2H3;2*1H;/q-1;;;;. The van der Waals surface area contributed by atoms with Gasteiger partial charge in [0, 0.05) is 0 Å². The Morgan fingerprint density at radius 3 is 2.06 bits per heavy atom. The van der Waals surface area contributed by atoms with Crippen molar-refractivity contribution in [3.63, 3.8) is 0 Å². The zero-order valence-corrected chi connectivity index (χ0v) is 27.7. The van der Waals surface area contributed by atoms with Crippen LogP contribution in [0.5, 0.6) is 0 Å². The fourth-order valence-corrected chi connectivity index (χ4v) is 4.84. The van der Waals surface area contributed by atoms with Crippen LogP contribution in [0.2, 0.25) is 13.1 Å². The Morgan fingerprint density at radius 2 is 1.59 bits per heavy atom. The van der Waals surface area contributed by atoms with Gasteiger partial charge in [-0.3, -0.25) is 0 Å². The van der Waals surface area contributed by atoms with Gasteiger partial charge in [0.15, 0.2) is 0 Å². The molecule has 0 aromatic heterocycles. The van der Waals surface area contributed by atoms with E-state index in [2.05, 4.69) is 117 Å². The summed E-state index contributed by atoms with van der Waals surface area (Å²) in [5, 5.41) is 2.69. The van der Waals surface area contributed by atoms with Gasteiger partial charge in [0.2, 0.25) is 0 Å². The Bertz CT molecular complexity index is 1210. The molecule has 0 bridgehead atoms. The van der Waals surface area contributed by atoms with Gasteiger partial charge in [0.1, 0.15) is 0 Å². The van der Waals surface area contributed by atoms with Crippen LogP contribution in [0.4, 0.5) is 0 Å². The van der Waals surface area contributed by atoms with Crippen molar-refractivity contribution in [1.29, 1.82) is 0 Å². The topological polar surface area (TPSA) is 0 Å². The Balaban J connectivity index is 0.000000895. The van der Waals surface area contributed by atoms with Crippen LogP contribution in [0.1, 0.15) is 67.4 Å². The van der Waals surface area contributed by atoms with Crippen LogP contribution in [0.3, 0.4) is 0 Å². The molecule has 0 aliphatic heterocycles. The number of allylic oxidation sites excluding steroid dienone is 8. The third-order valence-corrected chi connectivity index (χ3v) is 6.95. The second-order valence-electron chi connectivity index (χ2n) is 11.7. The number of fused-ring (bicyclic) bond motifs is 2. The van der Waals surface area contributed by atoms with Crippen molar-refractivity contribution < 1.29 is 23.3 Å². The number of benzene rings is 1. The van der Waals surface area contributed by atoms with E-state index in [1.165, 1.54) is 43.9 Å². The summed E-state index contributed by atoms with van der Waals surface area (Å²) in [4.78, 5) is 0. The van der Waals surface area contributed by atoms with Gasteiger partial charge in [-0.25, -0.2) is 0 Å². The van der Waals surface area contributed by atoms with Gasteiger partial charge in [-0.1, -0.05) is 93.5 Å². The minimum atomic E-state index is -0.157. The van der Waals surface area contributed by atoms with Crippen LogP contribution >= 0.6 is 24.8 Å². The average Bonchev–Trinajstić information content (AvgIpc) is 3.18. The molecule has 0 spiro atoms. The average molecular weight is 592 g/mol. The summed E-state index contributed by atoms with van der Waals surface area (Å²) in [6, 6.07) is 6.96. The first-order valence-electron chi connectivity index (χ1n) is 11.8. The fourth-order valence-electron chi connectivity index (χ4n) is 4.84. The molecule has 34 heavy (non-hydrogen) atoms. The SMILES string of the molecule is CC1=CCC(C2(C(C)(C)C)[C-]=C3C=c4cc(C(C)(C)C)ccc4=C3C=C2)=C1C.C[Si](C)=[Zr].Cl.Cl. The number of hydrogen-bond donors (Lipinski definition) is 0. The fraction of sp³-hybridized carbons (Fsp3) is 0.467. The maximum Gasteiger partial charge on any atom is -0.147 e. The van der Waals surface area contributed by atoms with Crippen molar-refractivity contribution in [3.05, 3.63) is 80.8 Å². The van der Waals surface area contributed by atoms with E-state index >= 15 is 0 Å². The molecule has 3 aliphatic rings. The van der Waals surface area contributed by atoms with Gasteiger partial charge >= 0.3 is 41.9 Å². The van der Waals surface area contributed by atoms with Crippen molar-refractivity contribution in [1.82, 2.24) is 0 Å². The molecule has 4 rings (SSSR count). The molecule has 0 saturated heterocycles. The van der Waals surface area contributed by atoms with Crippen molar-refractivity contribution in [2.45, 2.75) is 80.3 Å². The Hall–Kier alpha value is -0.400. The summed E-state index contributed by atoms with van der Waals surface area (Å²) in [5.41, 5.74) is 8.65. The van der Waals surface area contributed by atoms with E-state index in [4.69, 9.17) is 0 Å². The maximum absolute atomic E-state index is 4.01. The summed E-state index contributed by atoms with van der Waals surface area (Å²) in [6.45, 7) is 23.0. The van der Waals surface area contributed by atoms with Crippen LogP contribution in [0, 0.1) is 16.9 Å². The Kier molecular flexibility index (Phi) is 10.5.